The van der Waals surface area contributed by atoms with Crippen molar-refractivity contribution in [3.63, 3.8) is 0 Å². The summed E-state index contributed by atoms with van der Waals surface area (Å²) in [6.07, 6.45) is 8.84. The lowest BCUT2D eigenvalue weighted by atomic mass is 9.89. The SMILES string of the molecule is COC(C)(C)CCOC(C)(C)CCN1C=C(C(C)C(C)C)C=CC1. The molecule has 0 aromatic carbocycles. The van der Waals surface area contributed by atoms with Gasteiger partial charge in [0.25, 0.3) is 0 Å². The van der Waals surface area contributed by atoms with Crippen molar-refractivity contribution in [3.05, 3.63) is 23.9 Å². The van der Waals surface area contributed by atoms with Crippen molar-refractivity contribution in [3.8, 4) is 0 Å². The van der Waals surface area contributed by atoms with Gasteiger partial charge in [0.05, 0.1) is 17.8 Å². The normalized spacial score (nSPS) is 17.4. The van der Waals surface area contributed by atoms with E-state index in [1.807, 2.05) is 0 Å². The van der Waals surface area contributed by atoms with Gasteiger partial charge in [-0.3, -0.25) is 0 Å². The van der Waals surface area contributed by atoms with Crippen molar-refractivity contribution in [1.29, 1.82) is 0 Å². The number of hydrogen-bond acceptors (Lipinski definition) is 3. The van der Waals surface area contributed by atoms with Crippen LogP contribution in [0.5, 0.6) is 0 Å². The van der Waals surface area contributed by atoms with Gasteiger partial charge in [-0.05, 0) is 57.9 Å². The largest absolute Gasteiger partial charge is 0.379 e. The fraction of sp³-hybridized carbons (Fsp3) is 0.810. The van der Waals surface area contributed by atoms with Gasteiger partial charge >= 0.3 is 0 Å². The van der Waals surface area contributed by atoms with Crippen LogP contribution >= 0.6 is 0 Å². The highest BCUT2D eigenvalue weighted by Crippen LogP contribution is 2.25. The number of ether oxygens (including phenoxy) is 2. The molecule has 0 aromatic rings. The smallest absolute Gasteiger partial charge is 0.0644 e. The van der Waals surface area contributed by atoms with E-state index in [4.69, 9.17) is 9.47 Å². The van der Waals surface area contributed by atoms with Crippen LogP contribution in [0.4, 0.5) is 0 Å². The van der Waals surface area contributed by atoms with Crippen LogP contribution in [0.1, 0.15) is 61.3 Å². The molecule has 1 unspecified atom stereocenters. The molecule has 140 valence electrons. The van der Waals surface area contributed by atoms with Gasteiger partial charge in [-0.15, -0.1) is 0 Å². The number of rotatable bonds is 10. The summed E-state index contributed by atoms with van der Waals surface area (Å²) in [6, 6.07) is 0. The van der Waals surface area contributed by atoms with E-state index < -0.39 is 0 Å². The maximum atomic E-state index is 6.13. The van der Waals surface area contributed by atoms with Gasteiger partial charge in [-0.25, -0.2) is 0 Å². The summed E-state index contributed by atoms with van der Waals surface area (Å²) < 4.78 is 11.6. The fourth-order valence-corrected chi connectivity index (χ4v) is 2.60. The van der Waals surface area contributed by atoms with Crippen LogP contribution in [-0.4, -0.2) is 42.9 Å². The standard InChI is InChI=1S/C21H39NO2/c1-17(2)18(3)19-10-9-13-22(16-19)14-11-21(6,7)24-15-12-20(4,5)23-8/h9-10,16-18H,11-15H2,1-8H3. The molecule has 24 heavy (non-hydrogen) atoms. The number of methoxy groups -OCH3 is 1. The second-order valence-electron chi connectivity index (χ2n) is 8.63. The number of hydrogen-bond donors (Lipinski definition) is 0. The molecule has 0 bridgehead atoms. The van der Waals surface area contributed by atoms with Gasteiger partial charge < -0.3 is 14.4 Å². The predicted octanol–water partition coefficient (Wildman–Crippen LogP) is 5.03. The molecule has 0 fully saturated rings. The minimum absolute atomic E-state index is 0.108. The summed E-state index contributed by atoms with van der Waals surface area (Å²) in [6.45, 7) is 18.2. The van der Waals surface area contributed by atoms with Gasteiger partial charge in [-0.2, -0.15) is 0 Å². The van der Waals surface area contributed by atoms with Crippen LogP contribution in [-0.2, 0) is 9.47 Å². The first kappa shape index (κ1) is 21.2. The highest BCUT2D eigenvalue weighted by Gasteiger charge is 2.23. The molecule has 1 rings (SSSR count). The summed E-state index contributed by atoms with van der Waals surface area (Å²) >= 11 is 0. The summed E-state index contributed by atoms with van der Waals surface area (Å²) in [4.78, 5) is 2.42. The molecule has 0 radical (unpaired) electrons. The zero-order valence-electron chi connectivity index (χ0n) is 17.2. The predicted molar refractivity (Wildman–Crippen MR) is 103 cm³/mol. The molecule has 0 aromatic heterocycles. The van der Waals surface area contributed by atoms with Crippen molar-refractivity contribution < 1.29 is 9.47 Å². The minimum atomic E-state index is -0.113. The summed E-state index contributed by atoms with van der Waals surface area (Å²) in [7, 11) is 1.76. The van der Waals surface area contributed by atoms with Crippen LogP contribution in [0.25, 0.3) is 0 Å². The Balaban J connectivity index is 2.45. The molecule has 1 atom stereocenters. The summed E-state index contributed by atoms with van der Waals surface area (Å²) in [5.41, 5.74) is 1.22. The van der Waals surface area contributed by atoms with E-state index in [0.29, 0.717) is 11.8 Å². The minimum Gasteiger partial charge on any atom is -0.379 e. The Bertz CT molecular complexity index is 435. The Hall–Kier alpha value is -0.800. The summed E-state index contributed by atoms with van der Waals surface area (Å²) in [5, 5.41) is 0. The molecule has 3 heteroatoms. The van der Waals surface area contributed by atoms with Crippen LogP contribution < -0.4 is 0 Å². The average Bonchev–Trinajstić information content (AvgIpc) is 2.52. The maximum Gasteiger partial charge on any atom is 0.0644 e. The molecule has 3 nitrogen and oxygen atoms in total. The second kappa shape index (κ2) is 9.05. The van der Waals surface area contributed by atoms with E-state index in [2.05, 4.69) is 71.7 Å². The molecule has 0 N–H and O–H groups in total. The highest BCUT2D eigenvalue weighted by atomic mass is 16.5. The molecule has 0 amide bonds. The maximum absolute atomic E-state index is 6.13. The Morgan fingerprint density at radius 3 is 2.33 bits per heavy atom. The van der Waals surface area contributed by atoms with E-state index in [1.165, 1.54) is 5.57 Å². The lowest BCUT2D eigenvalue weighted by Crippen LogP contribution is -2.34. The van der Waals surface area contributed by atoms with Crippen molar-refractivity contribution in [2.75, 3.05) is 26.8 Å². The highest BCUT2D eigenvalue weighted by molar-refractivity contribution is 5.24. The van der Waals surface area contributed by atoms with Gasteiger partial charge in [0.2, 0.25) is 0 Å². The third kappa shape index (κ3) is 7.40. The Morgan fingerprint density at radius 2 is 1.75 bits per heavy atom. The van der Waals surface area contributed by atoms with E-state index in [-0.39, 0.29) is 11.2 Å². The Kier molecular flexibility index (Phi) is 8.01. The molecule has 0 spiro atoms. The Labute approximate surface area is 150 Å². The van der Waals surface area contributed by atoms with E-state index in [1.54, 1.807) is 7.11 Å². The van der Waals surface area contributed by atoms with E-state index in [0.717, 1.165) is 32.5 Å². The molecule has 0 aliphatic carbocycles. The monoisotopic (exact) mass is 337 g/mol. The lowest BCUT2D eigenvalue weighted by molar-refractivity contribution is -0.0627. The second-order valence-corrected chi connectivity index (χ2v) is 8.63. The van der Waals surface area contributed by atoms with Crippen LogP contribution in [0.2, 0.25) is 0 Å². The van der Waals surface area contributed by atoms with Gasteiger partial charge in [0.15, 0.2) is 0 Å². The van der Waals surface area contributed by atoms with Crippen molar-refractivity contribution in [1.82, 2.24) is 4.90 Å². The molecule has 1 aliphatic rings. The van der Waals surface area contributed by atoms with E-state index in [9.17, 15) is 0 Å². The summed E-state index contributed by atoms with van der Waals surface area (Å²) in [5.74, 6) is 1.27. The lowest BCUT2D eigenvalue weighted by Gasteiger charge is -2.32. The molecule has 1 heterocycles. The van der Waals surface area contributed by atoms with Crippen molar-refractivity contribution in [2.45, 2.75) is 72.5 Å². The van der Waals surface area contributed by atoms with Gasteiger partial charge in [-0.1, -0.05) is 32.9 Å². The quantitative estimate of drug-likeness (QED) is 0.558. The zero-order chi connectivity index (χ0) is 18.4. The van der Waals surface area contributed by atoms with Gasteiger partial charge in [0.1, 0.15) is 0 Å². The van der Waals surface area contributed by atoms with Crippen LogP contribution in [0.3, 0.4) is 0 Å². The molecular weight excluding hydrogens is 298 g/mol. The first-order chi connectivity index (χ1) is 11.1. The first-order valence-electron chi connectivity index (χ1n) is 9.38. The van der Waals surface area contributed by atoms with E-state index >= 15 is 0 Å². The Morgan fingerprint density at radius 1 is 1.08 bits per heavy atom. The molecular formula is C21H39NO2. The molecule has 0 saturated heterocycles. The topological polar surface area (TPSA) is 21.7 Å². The van der Waals surface area contributed by atoms with Crippen LogP contribution in [0.15, 0.2) is 23.9 Å². The molecule has 0 saturated carbocycles. The third-order valence-corrected chi connectivity index (χ3v) is 5.26. The number of allylic oxidation sites excluding steroid dienone is 2. The molecule has 1 aliphatic heterocycles. The van der Waals surface area contributed by atoms with Crippen LogP contribution in [0, 0.1) is 11.8 Å². The number of nitrogens with zero attached hydrogens (tertiary/aromatic N) is 1. The average molecular weight is 338 g/mol. The van der Waals surface area contributed by atoms with Crippen molar-refractivity contribution >= 4 is 0 Å². The first-order valence-corrected chi connectivity index (χ1v) is 9.38. The van der Waals surface area contributed by atoms with Gasteiger partial charge in [0, 0.05) is 26.4 Å². The zero-order valence-corrected chi connectivity index (χ0v) is 17.2. The third-order valence-electron chi connectivity index (χ3n) is 5.26. The fourth-order valence-electron chi connectivity index (χ4n) is 2.60. The van der Waals surface area contributed by atoms with Crippen molar-refractivity contribution in [2.24, 2.45) is 11.8 Å².